The number of hydrogen-bond donors (Lipinski definition) is 1. The molecule has 98 valence electrons. The maximum atomic E-state index is 5.96. The number of ether oxygens (including phenoxy) is 1. The minimum absolute atomic E-state index is 0.309. The van der Waals surface area contributed by atoms with E-state index in [0.29, 0.717) is 12.1 Å². The molecule has 0 aliphatic carbocycles. The smallest absolute Gasteiger partial charge is 0.123 e. The Balaban J connectivity index is 1.51. The van der Waals surface area contributed by atoms with E-state index >= 15 is 0 Å². The van der Waals surface area contributed by atoms with E-state index in [9.17, 15) is 0 Å². The van der Waals surface area contributed by atoms with Crippen LogP contribution in [0.25, 0.3) is 0 Å². The fourth-order valence-corrected chi connectivity index (χ4v) is 4.12. The molecule has 0 saturated carbocycles. The highest BCUT2D eigenvalue weighted by atomic mass is 79.9. The molecular weight excluding hydrogens is 310 g/mol. The number of thioether (sulfide) groups is 1. The molecule has 2 aliphatic heterocycles. The summed E-state index contributed by atoms with van der Waals surface area (Å²) in [7, 11) is 0. The molecule has 0 radical (unpaired) electrons. The van der Waals surface area contributed by atoms with Gasteiger partial charge in [-0.15, -0.1) is 0 Å². The lowest BCUT2D eigenvalue weighted by Crippen LogP contribution is -2.39. The number of nitrogens with one attached hydrogen (secondary N) is 1. The predicted molar refractivity (Wildman–Crippen MR) is 80.6 cm³/mol. The molecule has 3 rings (SSSR count). The second-order valence-corrected chi connectivity index (χ2v) is 7.13. The Kier molecular flexibility index (Phi) is 4.16. The molecule has 1 fully saturated rings. The Bertz CT molecular complexity index is 420. The Hall–Kier alpha value is -0.190. The molecule has 0 bridgehead atoms. The summed E-state index contributed by atoms with van der Waals surface area (Å²) in [5.74, 6) is 3.66. The van der Waals surface area contributed by atoms with Crippen LogP contribution >= 0.6 is 27.7 Å². The molecule has 1 N–H and O–H groups in total. The molecule has 2 heterocycles. The van der Waals surface area contributed by atoms with Gasteiger partial charge in [-0.1, -0.05) is 15.9 Å². The summed E-state index contributed by atoms with van der Waals surface area (Å²) in [5.41, 5.74) is 1.33. The maximum absolute atomic E-state index is 5.96. The highest BCUT2D eigenvalue weighted by Gasteiger charge is 2.24. The average Bonchev–Trinajstić information content (AvgIpc) is 2.79. The van der Waals surface area contributed by atoms with Crippen molar-refractivity contribution in [2.24, 2.45) is 0 Å². The van der Waals surface area contributed by atoms with E-state index in [0.717, 1.165) is 23.2 Å². The predicted octanol–water partition coefficient (Wildman–Crippen LogP) is 3.24. The first-order chi connectivity index (χ1) is 8.81. The molecule has 1 atom stereocenters. The first kappa shape index (κ1) is 12.8. The van der Waals surface area contributed by atoms with Gasteiger partial charge in [0.2, 0.25) is 0 Å². The minimum Gasteiger partial charge on any atom is -0.488 e. The summed E-state index contributed by atoms with van der Waals surface area (Å²) in [6.07, 6.45) is 3.94. The zero-order valence-electron chi connectivity index (χ0n) is 10.3. The van der Waals surface area contributed by atoms with Gasteiger partial charge in [0.15, 0.2) is 0 Å². The molecule has 1 aromatic carbocycles. The average molecular weight is 328 g/mol. The van der Waals surface area contributed by atoms with E-state index < -0.39 is 0 Å². The minimum atomic E-state index is 0.309. The lowest BCUT2D eigenvalue weighted by molar-refractivity contribution is 0.219. The largest absolute Gasteiger partial charge is 0.488 e. The highest BCUT2D eigenvalue weighted by Crippen LogP contribution is 2.31. The number of hydrogen-bond acceptors (Lipinski definition) is 3. The van der Waals surface area contributed by atoms with E-state index in [-0.39, 0.29) is 0 Å². The Labute approximate surface area is 121 Å². The van der Waals surface area contributed by atoms with Gasteiger partial charge in [0, 0.05) is 23.5 Å². The van der Waals surface area contributed by atoms with Crippen molar-refractivity contribution in [3.8, 4) is 5.75 Å². The third-order valence-corrected chi connectivity index (χ3v) is 5.16. The zero-order valence-corrected chi connectivity index (χ0v) is 12.7. The fourth-order valence-electron chi connectivity index (χ4n) is 2.60. The normalized spacial score (nSPS) is 23.7. The molecule has 4 heteroatoms. The van der Waals surface area contributed by atoms with Crippen LogP contribution in [0.1, 0.15) is 18.4 Å². The van der Waals surface area contributed by atoms with Crippen LogP contribution in [-0.4, -0.2) is 30.2 Å². The van der Waals surface area contributed by atoms with E-state index in [4.69, 9.17) is 4.74 Å². The van der Waals surface area contributed by atoms with Gasteiger partial charge < -0.3 is 10.1 Å². The molecular formula is C14H18BrNOS. The van der Waals surface area contributed by atoms with E-state index in [1.54, 1.807) is 0 Å². The summed E-state index contributed by atoms with van der Waals surface area (Å²) in [4.78, 5) is 0. The summed E-state index contributed by atoms with van der Waals surface area (Å²) >= 11 is 5.58. The maximum Gasteiger partial charge on any atom is 0.123 e. The summed E-state index contributed by atoms with van der Waals surface area (Å²) in [5, 5.41) is 3.66. The zero-order chi connectivity index (χ0) is 12.4. The van der Waals surface area contributed by atoms with Crippen molar-refractivity contribution in [2.45, 2.75) is 31.4 Å². The lowest BCUT2D eigenvalue weighted by Gasteiger charge is -2.24. The fraction of sp³-hybridized carbons (Fsp3) is 0.571. The van der Waals surface area contributed by atoms with Crippen molar-refractivity contribution >= 4 is 27.7 Å². The Morgan fingerprint density at radius 1 is 1.33 bits per heavy atom. The monoisotopic (exact) mass is 327 g/mol. The molecule has 2 nitrogen and oxygen atoms in total. The van der Waals surface area contributed by atoms with Crippen LogP contribution in [-0.2, 0) is 6.42 Å². The van der Waals surface area contributed by atoms with Crippen LogP contribution < -0.4 is 10.1 Å². The van der Waals surface area contributed by atoms with E-state index in [2.05, 4.69) is 45.1 Å². The van der Waals surface area contributed by atoms with Crippen molar-refractivity contribution in [3.63, 3.8) is 0 Å². The van der Waals surface area contributed by atoms with Gasteiger partial charge in [0.25, 0.3) is 0 Å². The quantitative estimate of drug-likeness (QED) is 0.920. The molecule has 1 saturated heterocycles. The van der Waals surface area contributed by atoms with Crippen LogP contribution in [0.3, 0.4) is 0 Å². The molecule has 0 aromatic heterocycles. The van der Waals surface area contributed by atoms with E-state index in [1.807, 2.05) is 6.07 Å². The van der Waals surface area contributed by atoms with Crippen LogP contribution in [0.2, 0.25) is 0 Å². The van der Waals surface area contributed by atoms with Gasteiger partial charge in [-0.2, -0.15) is 11.8 Å². The van der Waals surface area contributed by atoms with Crippen LogP contribution in [0.4, 0.5) is 0 Å². The second-order valence-electron chi connectivity index (χ2n) is 4.99. The third-order valence-electron chi connectivity index (χ3n) is 3.62. The number of benzene rings is 1. The topological polar surface area (TPSA) is 21.3 Å². The first-order valence-electron chi connectivity index (χ1n) is 6.57. The van der Waals surface area contributed by atoms with Crippen LogP contribution in [0, 0.1) is 0 Å². The number of rotatable bonds is 3. The van der Waals surface area contributed by atoms with Crippen molar-refractivity contribution in [3.05, 3.63) is 28.2 Å². The van der Waals surface area contributed by atoms with Crippen LogP contribution in [0.15, 0.2) is 22.7 Å². The van der Waals surface area contributed by atoms with Crippen LogP contribution in [0.5, 0.6) is 5.75 Å². The van der Waals surface area contributed by atoms with Crippen molar-refractivity contribution in [1.82, 2.24) is 5.32 Å². The molecule has 2 aliphatic rings. The SMILES string of the molecule is Brc1ccc2c(c1)CC(CNC1CCSCC1)O2. The number of halogens is 1. The molecule has 1 unspecified atom stereocenters. The third kappa shape index (κ3) is 3.03. The first-order valence-corrected chi connectivity index (χ1v) is 8.52. The molecule has 0 amide bonds. The van der Waals surface area contributed by atoms with Crippen molar-refractivity contribution in [2.75, 3.05) is 18.1 Å². The molecule has 0 spiro atoms. The van der Waals surface area contributed by atoms with Gasteiger partial charge in [-0.05, 0) is 48.1 Å². The summed E-state index contributed by atoms with van der Waals surface area (Å²) < 4.78 is 7.11. The lowest BCUT2D eigenvalue weighted by atomic mass is 10.1. The van der Waals surface area contributed by atoms with Gasteiger partial charge in [0.05, 0.1) is 0 Å². The van der Waals surface area contributed by atoms with Gasteiger partial charge >= 0.3 is 0 Å². The Morgan fingerprint density at radius 2 is 2.17 bits per heavy atom. The van der Waals surface area contributed by atoms with Crippen molar-refractivity contribution < 1.29 is 4.74 Å². The molecule has 18 heavy (non-hydrogen) atoms. The Morgan fingerprint density at radius 3 is 3.00 bits per heavy atom. The van der Waals surface area contributed by atoms with Gasteiger partial charge in [-0.25, -0.2) is 0 Å². The second kappa shape index (κ2) is 5.85. The summed E-state index contributed by atoms with van der Waals surface area (Å²) in [6.45, 7) is 0.974. The number of fused-ring (bicyclic) bond motifs is 1. The standard InChI is InChI=1S/C14H18BrNOS/c15-11-1-2-14-10(7-11)8-13(17-14)9-16-12-3-5-18-6-4-12/h1-2,7,12-13,16H,3-6,8-9H2. The highest BCUT2D eigenvalue weighted by molar-refractivity contribution is 9.10. The summed E-state index contributed by atoms with van der Waals surface area (Å²) in [6, 6.07) is 6.99. The van der Waals surface area contributed by atoms with Gasteiger partial charge in [-0.3, -0.25) is 0 Å². The van der Waals surface area contributed by atoms with Crippen molar-refractivity contribution in [1.29, 1.82) is 0 Å². The van der Waals surface area contributed by atoms with Gasteiger partial charge in [0.1, 0.15) is 11.9 Å². The van der Waals surface area contributed by atoms with E-state index in [1.165, 1.54) is 29.9 Å². The molecule has 1 aromatic rings.